The van der Waals surface area contributed by atoms with Gasteiger partial charge in [0.1, 0.15) is 12.3 Å². The van der Waals surface area contributed by atoms with Crippen molar-refractivity contribution in [1.29, 1.82) is 0 Å². The van der Waals surface area contributed by atoms with Crippen LogP contribution in [0.15, 0.2) is 65.5 Å². The number of carbonyl (C=O) groups is 1. The van der Waals surface area contributed by atoms with Crippen molar-refractivity contribution in [2.24, 2.45) is 0 Å². The Labute approximate surface area is 157 Å². The number of hydrogen-bond donors (Lipinski definition) is 1. The first kappa shape index (κ1) is 18.4. The number of nitrogens with one attached hydrogen (secondary N) is 1. The summed E-state index contributed by atoms with van der Waals surface area (Å²) in [6.45, 7) is 1.67. The van der Waals surface area contributed by atoms with Crippen LogP contribution in [0.4, 0.5) is 5.69 Å². The Hall–Kier alpha value is -3.41. The van der Waals surface area contributed by atoms with Crippen LogP contribution in [0, 0.1) is 6.92 Å². The van der Waals surface area contributed by atoms with Crippen LogP contribution in [0.2, 0.25) is 0 Å². The van der Waals surface area contributed by atoms with Crippen molar-refractivity contribution < 1.29 is 9.53 Å². The highest BCUT2D eigenvalue weighted by Gasteiger charge is 2.11. The molecule has 0 fully saturated rings. The summed E-state index contributed by atoms with van der Waals surface area (Å²) in [5.74, 6) is 0.439. The summed E-state index contributed by atoms with van der Waals surface area (Å²) in [5, 5.41) is 6.98. The number of nitrogens with zero attached hydrogens (tertiary/aromatic N) is 2. The van der Waals surface area contributed by atoms with Gasteiger partial charge in [-0.05, 0) is 42.8 Å². The Morgan fingerprint density at radius 1 is 1.11 bits per heavy atom. The minimum Gasteiger partial charge on any atom is -0.497 e. The molecule has 0 aliphatic heterocycles. The molecule has 6 heteroatoms. The molecule has 1 aromatic heterocycles. The van der Waals surface area contributed by atoms with Crippen molar-refractivity contribution in [3.8, 4) is 5.75 Å². The van der Waals surface area contributed by atoms with Crippen LogP contribution in [-0.2, 0) is 17.8 Å². The highest BCUT2D eigenvalue weighted by molar-refractivity contribution is 5.90. The van der Waals surface area contributed by atoms with Gasteiger partial charge < -0.3 is 10.1 Å². The van der Waals surface area contributed by atoms with E-state index in [1.807, 2.05) is 42.5 Å². The van der Waals surface area contributed by atoms with Crippen molar-refractivity contribution in [3.63, 3.8) is 0 Å². The summed E-state index contributed by atoms with van der Waals surface area (Å²) >= 11 is 0. The first-order valence-electron chi connectivity index (χ1n) is 8.60. The summed E-state index contributed by atoms with van der Waals surface area (Å²) in [4.78, 5) is 25.0. The average Bonchev–Trinajstić information content (AvgIpc) is 2.66. The lowest BCUT2D eigenvalue weighted by Crippen LogP contribution is -2.32. The zero-order valence-corrected chi connectivity index (χ0v) is 15.3. The van der Waals surface area contributed by atoms with Crippen molar-refractivity contribution >= 4 is 11.6 Å². The first-order valence-corrected chi connectivity index (χ1v) is 8.60. The number of methoxy groups -OCH3 is 1. The monoisotopic (exact) mass is 363 g/mol. The van der Waals surface area contributed by atoms with Gasteiger partial charge in [0, 0.05) is 17.7 Å². The highest BCUT2D eigenvalue weighted by Crippen LogP contribution is 2.15. The second-order valence-electron chi connectivity index (χ2n) is 6.22. The Balaban J connectivity index is 1.80. The summed E-state index contributed by atoms with van der Waals surface area (Å²) in [5.41, 5.74) is 2.63. The minimum absolute atomic E-state index is 0.138. The lowest BCUT2D eigenvalue weighted by Gasteiger charge is -2.10. The van der Waals surface area contributed by atoms with Gasteiger partial charge in [0.05, 0.1) is 12.8 Å². The number of aromatic nitrogens is 2. The molecule has 0 atom stereocenters. The van der Waals surface area contributed by atoms with Crippen LogP contribution in [-0.4, -0.2) is 22.8 Å². The summed E-state index contributed by atoms with van der Waals surface area (Å²) < 4.78 is 6.44. The van der Waals surface area contributed by atoms with Gasteiger partial charge in [0.25, 0.3) is 5.56 Å². The van der Waals surface area contributed by atoms with Crippen molar-refractivity contribution in [1.82, 2.24) is 9.78 Å². The smallest absolute Gasteiger partial charge is 0.270 e. The zero-order chi connectivity index (χ0) is 19.2. The minimum atomic E-state index is -0.297. The molecule has 0 saturated heterocycles. The Morgan fingerprint density at radius 3 is 2.63 bits per heavy atom. The highest BCUT2D eigenvalue weighted by atomic mass is 16.5. The third-order valence-corrected chi connectivity index (χ3v) is 4.05. The van der Waals surface area contributed by atoms with E-state index < -0.39 is 0 Å². The predicted octanol–water partition coefficient (Wildman–Crippen LogP) is 2.79. The number of para-hydroxylation sites is 1. The molecule has 27 heavy (non-hydrogen) atoms. The number of rotatable bonds is 6. The summed E-state index contributed by atoms with van der Waals surface area (Å²) in [6.07, 6.45) is 0.444. The Bertz CT molecular complexity index is 997. The molecule has 138 valence electrons. The van der Waals surface area contributed by atoms with E-state index in [1.54, 1.807) is 32.2 Å². The van der Waals surface area contributed by atoms with Crippen molar-refractivity contribution in [3.05, 3.63) is 87.8 Å². The van der Waals surface area contributed by atoms with Crippen molar-refractivity contribution in [2.45, 2.75) is 19.9 Å². The molecule has 0 saturated carbocycles. The van der Waals surface area contributed by atoms with Gasteiger partial charge in [0.2, 0.25) is 5.91 Å². The molecule has 0 radical (unpaired) electrons. The molecular weight excluding hydrogens is 342 g/mol. The topological polar surface area (TPSA) is 73.2 Å². The van der Waals surface area contributed by atoms with E-state index in [-0.39, 0.29) is 18.0 Å². The number of aryl methyl sites for hydroxylation is 1. The maximum Gasteiger partial charge on any atom is 0.270 e. The fraction of sp³-hybridized carbons (Fsp3) is 0.190. The normalized spacial score (nSPS) is 10.4. The SMILES string of the molecule is COc1cccc(Cc2cc(C)nn(CC(=O)Nc3ccccc3)c2=O)c1. The quantitative estimate of drug-likeness (QED) is 0.731. The number of benzene rings is 2. The molecule has 1 amide bonds. The van der Waals surface area contributed by atoms with Crippen LogP contribution in [0.5, 0.6) is 5.75 Å². The maximum atomic E-state index is 12.8. The largest absolute Gasteiger partial charge is 0.497 e. The fourth-order valence-corrected chi connectivity index (χ4v) is 2.84. The molecule has 0 spiro atoms. The van der Waals surface area contributed by atoms with Gasteiger partial charge in [-0.25, -0.2) is 4.68 Å². The van der Waals surface area contributed by atoms with Crippen LogP contribution < -0.4 is 15.6 Å². The molecule has 0 aliphatic carbocycles. The van der Waals surface area contributed by atoms with E-state index in [4.69, 9.17) is 4.74 Å². The second-order valence-corrected chi connectivity index (χ2v) is 6.22. The van der Waals surface area contributed by atoms with Crippen LogP contribution >= 0.6 is 0 Å². The molecule has 0 bridgehead atoms. The van der Waals surface area contributed by atoms with Gasteiger partial charge in [-0.2, -0.15) is 5.10 Å². The van der Waals surface area contributed by atoms with E-state index in [2.05, 4.69) is 10.4 Å². The van der Waals surface area contributed by atoms with E-state index in [9.17, 15) is 9.59 Å². The van der Waals surface area contributed by atoms with Gasteiger partial charge in [0.15, 0.2) is 0 Å². The van der Waals surface area contributed by atoms with E-state index >= 15 is 0 Å². The second kappa shape index (κ2) is 8.31. The third kappa shape index (κ3) is 4.82. The van der Waals surface area contributed by atoms with Gasteiger partial charge >= 0.3 is 0 Å². The number of ether oxygens (including phenoxy) is 1. The van der Waals surface area contributed by atoms with Gasteiger partial charge in [-0.1, -0.05) is 30.3 Å². The number of amides is 1. The van der Waals surface area contributed by atoms with Gasteiger partial charge in [-0.3, -0.25) is 9.59 Å². The van der Waals surface area contributed by atoms with Crippen LogP contribution in [0.3, 0.4) is 0 Å². The predicted molar refractivity (Wildman–Crippen MR) is 104 cm³/mol. The molecule has 0 aliphatic rings. The molecule has 1 heterocycles. The zero-order valence-electron chi connectivity index (χ0n) is 15.3. The van der Waals surface area contributed by atoms with Crippen LogP contribution in [0.1, 0.15) is 16.8 Å². The molecular formula is C21H21N3O3. The first-order chi connectivity index (χ1) is 13.0. The average molecular weight is 363 g/mol. The fourth-order valence-electron chi connectivity index (χ4n) is 2.84. The third-order valence-electron chi connectivity index (χ3n) is 4.05. The standard InChI is InChI=1S/C21H21N3O3/c1-15-11-17(12-16-7-6-10-19(13-16)27-2)21(26)24(23-15)14-20(25)22-18-8-4-3-5-9-18/h3-11,13H,12,14H2,1-2H3,(H,22,25). The summed E-state index contributed by atoms with van der Waals surface area (Å²) in [6, 6.07) is 18.4. The molecule has 1 N–H and O–H groups in total. The molecule has 3 rings (SSSR count). The maximum absolute atomic E-state index is 12.8. The lowest BCUT2D eigenvalue weighted by molar-refractivity contribution is -0.117. The number of anilines is 1. The molecule has 6 nitrogen and oxygen atoms in total. The lowest BCUT2D eigenvalue weighted by atomic mass is 10.1. The molecule has 3 aromatic rings. The van der Waals surface area contributed by atoms with E-state index in [0.29, 0.717) is 23.4 Å². The Morgan fingerprint density at radius 2 is 1.89 bits per heavy atom. The molecule has 0 unspecified atom stereocenters. The number of carbonyl (C=O) groups excluding carboxylic acids is 1. The van der Waals surface area contributed by atoms with Crippen molar-refractivity contribution in [2.75, 3.05) is 12.4 Å². The number of hydrogen-bond acceptors (Lipinski definition) is 4. The molecule has 2 aromatic carbocycles. The van der Waals surface area contributed by atoms with E-state index in [0.717, 1.165) is 11.3 Å². The summed E-state index contributed by atoms with van der Waals surface area (Å²) in [7, 11) is 1.61. The van der Waals surface area contributed by atoms with E-state index in [1.165, 1.54) is 4.68 Å². The van der Waals surface area contributed by atoms with Crippen LogP contribution in [0.25, 0.3) is 0 Å². The van der Waals surface area contributed by atoms with Gasteiger partial charge in [-0.15, -0.1) is 0 Å². The Kier molecular flexibility index (Phi) is 5.66.